The maximum atomic E-state index is 12.8. The molecule has 1 fully saturated rings. The maximum Gasteiger partial charge on any atom is 0.418 e. The lowest BCUT2D eigenvalue weighted by molar-refractivity contribution is -0.497. The molecular weight excluding hydrogens is 331 g/mol. The Balaban J connectivity index is 1.97. The lowest BCUT2D eigenvalue weighted by Gasteiger charge is -2.18. The minimum atomic E-state index is -4.63. The molecule has 2 atom stereocenters. The molecular formula is C14H14F3N3O4. The number of amides is 2. The highest BCUT2D eigenvalue weighted by Gasteiger charge is 2.54. The number of likely N-dealkylation sites (N-methyl/N-ethyl adjacent to an activating group) is 1. The number of nitro groups is 1. The highest BCUT2D eigenvalue weighted by Crippen LogP contribution is 2.35. The number of nitrogens with zero attached hydrogens (tertiary/aromatic N) is 2. The van der Waals surface area contributed by atoms with Gasteiger partial charge in [-0.1, -0.05) is 12.1 Å². The Morgan fingerprint density at radius 3 is 2.54 bits per heavy atom. The smallest absolute Gasteiger partial charge is 0.336 e. The summed E-state index contributed by atoms with van der Waals surface area (Å²) in [6.07, 6.45) is -4.52. The molecule has 0 bridgehead atoms. The van der Waals surface area contributed by atoms with E-state index in [9.17, 15) is 32.9 Å². The highest BCUT2D eigenvalue weighted by molar-refractivity contribution is 5.95. The zero-order chi connectivity index (χ0) is 18.1. The fourth-order valence-corrected chi connectivity index (χ4v) is 2.29. The molecule has 1 saturated carbocycles. The summed E-state index contributed by atoms with van der Waals surface area (Å²) < 4.78 is 38.5. The van der Waals surface area contributed by atoms with Gasteiger partial charge in [0.2, 0.25) is 17.9 Å². The number of halogens is 3. The van der Waals surface area contributed by atoms with E-state index in [0.29, 0.717) is 0 Å². The Morgan fingerprint density at radius 2 is 2.00 bits per heavy atom. The highest BCUT2D eigenvalue weighted by atomic mass is 19.4. The number of hydrogen-bond donors (Lipinski definition) is 1. The number of alkyl halides is 3. The average Bonchev–Trinajstić information content (AvgIpc) is 3.26. The number of rotatable bonds is 5. The molecule has 0 spiro atoms. The molecule has 2 amide bonds. The first kappa shape index (κ1) is 17.7. The molecule has 0 unspecified atom stereocenters. The lowest BCUT2D eigenvalue weighted by atomic mass is 10.1. The molecule has 2 rings (SSSR count). The summed E-state index contributed by atoms with van der Waals surface area (Å²) in [6, 6.07) is 3.52. The van der Waals surface area contributed by atoms with Crippen molar-refractivity contribution in [3.05, 3.63) is 39.9 Å². The van der Waals surface area contributed by atoms with E-state index in [0.717, 1.165) is 17.0 Å². The van der Waals surface area contributed by atoms with E-state index in [1.54, 1.807) is 0 Å². The summed E-state index contributed by atoms with van der Waals surface area (Å²) in [6.45, 7) is -0.494. The first-order chi connectivity index (χ1) is 11.1. The summed E-state index contributed by atoms with van der Waals surface area (Å²) in [5, 5.41) is 12.7. The van der Waals surface area contributed by atoms with Crippen molar-refractivity contribution in [2.45, 2.75) is 18.6 Å². The second-order valence-corrected chi connectivity index (χ2v) is 5.48. The number of hydrogen-bond acceptors (Lipinski definition) is 4. The molecule has 130 valence electrons. The van der Waals surface area contributed by atoms with Gasteiger partial charge in [0.15, 0.2) is 0 Å². The quantitative estimate of drug-likeness (QED) is 0.650. The van der Waals surface area contributed by atoms with E-state index in [-0.39, 0.29) is 6.42 Å². The molecule has 0 aliphatic heterocycles. The number of para-hydroxylation sites is 1. The molecule has 1 aliphatic carbocycles. The molecule has 0 aromatic heterocycles. The average molecular weight is 345 g/mol. The third-order valence-electron chi connectivity index (χ3n) is 3.61. The zero-order valence-corrected chi connectivity index (χ0v) is 12.5. The van der Waals surface area contributed by atoms with Crippen LogP contribution in [0.5, 0.6) is 0 Å². The van der Waals surface area contributed by atoms with Crippen molar-refractivity contribution in [2.75, 3.05) is 18.9 Å². The Kier molecular flexibility index (Phi) is 4.76. The van der Waals surface area contributed by atoms with Gasteiger partial charge in [-0.05, 0) is 12.1 Å². The topological polar surface area (TPSA) is 92.6 Å². The van der Waals surface area contributed by atoms with Crippen LogP contribution in [0.1, 0.15) is 12.0 Å². The Labute approximate surface area is 134 Å². The van der Waals surface area contributed by atoms with Crippen LogP contribution >= 0.6 is 0 Å². The van der Waals surface area contributed by atoms with Crippen LogP contribution in [0.2, 0.25) is 0 Å². The van der Waals surface area contributed by atoms with Crippen LogP contribution in [0.25, 0.3) is 0 Å². The second kappa shape index (κ2) is 6.46. The van der Waals surface area contributed by atoms with Crippen LogP contribution in [0, 0.1) is 16.0 Å². The van der Waals surface area contributed by atoms with Gasteiger partial charge < -0.3 is 10.2 Å². The molecule has 24 heavy (non-hydrogen) atoms. The summed E-state index contributed by atoms with van der Waals surface area (Å²) in [4.78, 5) is 34.7. The first-order valence-corrected chi connectivity index (χ1v) is 6.95. The second-order valence-electron chi connectivity index (χ2n) is 5.48. The van der Waals surface area contributed by atoms with Gasteiger partial charge in [-0.15, -0.1) is 0 Å². The predicted molar refractivity (Wildman–Crippen MR) is 76.6 cm³/mol. The summed E-state index contributed by atoms with van der Waals surface area (Å²) in [5.74, 6) is -2.17. The lowest BCUT2D eigenvalue weighted by Crippen LogP contribution is -2.37. The van der Waals surface area contributed by atoms with Gasteiger partial charge >= 0.3 is 6.18 Å². The molecule has 1 N–H and O–H groups in total. The standard InChI is InChI=1S/C14H14F3N3O4/c1-19(13(22)8-6-11(8)20(23)24)7-12(21)18-10-5-3-2-4-9(10)14(15,16)17/h2-5,8,11H,6-7H2,1H3,(H,18,21)/t8-,11+/m1/s1. The number of carbonyl (C=O) groups is 2. The minimum Gasteiger partial charge on any atom is -0.336 e. The minimum absolute atomic E-state index is 0.106. The van der Waals surface area contributed by atoms with Crippen LogP contribution in [0.3, 0.4) is 0 Å². The molecule has 10 heteroatoms. The number of benzene rings is 1. The largest absolute Gasteiger partial charge is 0.418 e. The van der Waals surface area contributed by atoms with Gasteiger partial charge in [-0.2, -0.15) is 13.2 Å². The van der Waals surface area contributed by atoms with E-state index in [2.05, 4.69) is 5.32 Å². The summed E-state index contributed by atoms with van der Waals surface area (Å²) in [7, 11) is 1.27. The van der Waals surface area contributed by atoms with Crippen LogP contribution in [0.15, 0.2) is 24.3 Å². The molecule has 1 aromatic carbocycles. The van der Waals surface area contributed by atoms with Crippen LogP contribution in [0.4, 0.5) is 18.9 Å². The number of anilines is 1. The third kappa shape index (κ3) is 4.00. The van der Waals surface area contributed by atoms with E-state index in [1.165, 1.54) is 19.2 Å². The van der Waals surface area contributed by atoms with Gasteiger partial charge in [-0.3, -0.25) is 19.7 Å². The van der Waals surface area contributed by atoms with E-state index in [1.807, 2.05) is 0 Å². The van der Waals surface area contributed by atoms with Gasteiger partial charge in [0, 0.05) is 18.4 Å². The monoisotopic (exact) mass is 345 g/mol. The summed E-state index contributed by atoms with van der Waals surface area (Å²) in [5.41, 5.74) is -1.41. The van der Waals surface area contributed by atoms with Crippen molar-refractivity contribution in [1.29, 1.82) is 0 Å². The molecule has 0 radical (unpaired) electrons. The van der Waals surface area contributed by atoms with Gasteiger partial charge in [0.05, 0.1) is 17.8 Å². The van der Waals surface area contributed by atoms with E-state index < -0.39 is 52.7 Å². The van der Waals surface area contributed by atoms with Gasteiger partial charge in [0.25, 0.3) is 0 Å². The van der Waals surface area contributed by atoms with Gasteiger partial charge in [-0.25, -0.2) is 0 Å². The van der Waals surface area contributed by atoms with Crippen LogP contribution < -0.4 is 5.32 Å². The Hall–Kier alpha value is -2.65. The van der Waals surface area contributed by atoms with Crippen molar-refractivity contribution in [3.63, 3.8) is 0 Å². The van der Waals surface area contributed by atoms with Crippen LogP contribution in [-0.4, -0.2) is 41.3 Å². The summed E-state index contributed by atoms with van der Waals surface area (Å²) >= 11 is 0. The normalized spacial score (nSPS) is 19.5. The molecule has 7 nitrogen and oxygen atoms in total. The van der Waals surface area contributed by atoms with E-state index >= 15 is 0 Å². The van der Waals surface area contributed by atoms with Crippen molar-refractivity contribution in [3.8, 4) is 0 Å². The number of nitrogens with one attached hydrogen (secondary N) is 1. The zero-order valence-electron chi connectivity index (χ0n) is 12.5. The maximum absolute atomic E-state index is 12.8. The fourth-order valence-electron chi connectivity index (χ4n) is 2.29. The molecule has 0 saturated heterocycles. The van der Waals surface area contributed by atoms with Crippen molar-refractivity contribution >= 4 is 17.5 Å². The fraction of sp³-hybridized carbons (Fsp3) is 0.429. The Bertz CT molecular complexity index is 677. The third-order valence-corrected chi connectivity index (χ3v) is 3.61. The first-order valence-electron chi connectivity index (χ1n) is 6.95. The van der Waals surface area contributed by atoms with Crippen molar-refractivity contribution in [1.82, 2.24) is 4.90 Å². The predicted octanol–water partition coefficient (Wildman–Crippen LogP) is 1.77. The Morgan fingerprint density at radius 1 is 1.38 bits per heavy atom. The van der Waals surface area contributed by atoms with Crippen molar-refractivity contribution < 1.29 is 27.7 Å². The molecule has 1 aromatic rings. The number of carbonyl (C=O) groups excluding carboxylic acids is 2. The SMILES string of the molecule is CN(CC(=O)Nc1ccccc1C(F)(F)F)C(=O)[C@@H]1C[C@@H]1[N+](=O)[O-]. The van der Waals surface area contributed by atoms with Gasteiger partial charge in [0.1, 0.15) is 5.92 Å². The van der Waals surface area contributed by atoms with Crippen molar-refractivity contribution in [2.24, 2.45) is 5.92 Å². The van der Waals surface area contributed by atoms with Crippen LogP contribution in [-0.2, 0) is 15.8 Å². The van der Waals surface area contributed by atoms with E-state index in [4.69, 9.17) is 0 Å². The molecule has 1 aliphatic rings. The molecule has 0 heterocycles.